The molecule has 0 amide bonds. The lowest BCUT2D eigenvalue weighted by molar-refractivity contribution is -0.128. The molecule has 25 heavy (non-hydrogen) atoms. The lowest BCUT2D eigenvalue weighted by atomic mass is 9.70. The number of ketones is 2. The first-order valence-electron chi connectivity index (χ1n) is 8.83. The van der Waals surface area contributed by atoms with Gasteiger partial charge in [0.2, 0.25) is 0 Å². The molecule has 0 radical (unpaired) electrons. The fraction of sp³-hybridized carbons (Fsp3) is 0.882. The van der Waals surface area contributed by atoms with Gasteiger partial charge in [-0.1, -0.05) is 13.8 Å². The minimum atomic E-state index is -3.86. The average Bonchev–Trinajstić information content (AvgIpc) is 2.80. The van der Waals surface area contributed by atoms with Crippen molar-refractivity contribution >= 4 is 43.8 Å². The summed E-state index contributed by atoms with van der Waals surface area (Å²) < 4.78 is 31.8. The molecule has 2 unspecified atom stereocenters. The van der Waals surface area contributed by atoms with E-state index in [1.165, 1.54) is 6.92 Å². The predicted octanol–water partition coefficient (Wildman–Crippen LogP) is 2.78. The van der Waals surface area contributed by atoms with E-state index in [4.69, 9.17) is 3.63 Å². The van der Waals surface area contributed by atoms with Crippen LogP contribution in [0.15, 0.2) is 0 Å². The molecule has 1 saturated heterocycles. The zero-order chi connectivity index (χ0) is 18.5. The Morgan fingerprint density at radius 2 is 1.96 bits per heavy atom. The van der Waals surface area contributed by atoms with Gasteiger partial charge in [0.15, 0.2) is 0 Å². The highest BCUT2D eigenvalue weighted by Crippen LogP contribution is 2.65. The third-order valence-corrected chi connectivity index (χ3v) is 13.6. The van der Waals surface area contributed by atoms with Crippen molar-refractivity contribution < 1.29 is 21.6 Å². The molecule has 3 aliphatic rings. The van der Waals surface area contributed by atoms with Crippen LogP contribution in [0.3, 0.4) is 0 Å². The summed E-state index contributed by atoms with van der Waals surface area (Å²) in [6.07, 6.45) is 2.04. The monoisotopic (exact) mass is 408 g/mol. The summed E-state index contributed by atoms with van der Waals surface area (Å²) in [5.74, 6) is 3.27. The number of Topliss-reactive ketones (excluding diaryl/α,β-unsaturated/α-hetero) is 2. The van der Waals surface area contributed by atoms with Crippen LogP contribution in [-0.4, -0.2) is 54.5 Å². The van der Waals surface area contributed by atoms with Crippen molar-refractivity contribution in [1.82, 2.24) is 0 Å². The van der Waals surface area contributed by atoms with E-state index in [0.29, 0.717) is 24.3 Å². The van der Waals surface area contributed by atoms with Gasteiger partial charge < -0.3 is 0 Å². The zero-order valence-electron chi connectivity index (χ0n) is 15.2. The molecule has 3 fully saturated rings. The lowest BCUT2D eigenvalue weighted by Crippen LogP contribution is -2.43. The van der Waals surface area contributed by atoms with Crippen LogP contribution < -0.4 is 0 Å². The number of carbonyl (C=O) groups is 2. The van der Waals surface area contributed by atoms with Crippen molar-refractivity contribution in [3.05, 3.63) is 0 Å². The molecule has 0 aromatic rings. The highest BCUT2D eigenvalue weighted by atomic mass is 32.3. The van der Waals surface area contributed by atoms with Gasteiger partial charge in [-0.3, -0.25) is 9.59 Å². The number of hydrogen-bond donors (Lipinski definition) is 0. The van der Waals surface area contributed by atoms with Gasteiger partial charge in [-0.15, -0.1) is 10.3 Å². The second-order valence-corrected chi connectivity index (χ2v) is 14.5. The SMILES string of the molecule is CC(=O)CS1(OS(=O)(=O)CC23CCC(CC2=O)C3(C)C)CCSCC1. The molecule has 8 heteroatoms. The third-order valence-electron chi connectivity index (χ3n) is 6.48. The van der Waals surface area contributed by atoms with Crippen molar-refractivity contribution in [3.8, 4) is 0 Å². The van der Waals surface area contributed by atoms with Gasteiger partial charge in [0, 0.05) is 29.4 Å². The van der Waals surface area contributed by atoms with E-state index in [2.05, 4.69) is 0 Å². The number of carbonyl (C=O) groups excluding carboxylic acids is 2. The van der Waals surface area contributed by atoms with Crippen molar-refractivity contribution in [2.45, 2.75) is 40.0 Å². The van der Waals surface area contributed by atoms with Gasteiger partial charge in [-0.05, 0) is 31.1 Å². The Hall–Kier alpha value is -0.0500. The molecule has 144 valence electrons. The molecule has 5 nitrogen and oxygen atoms in total. The molecular weight excluding hydrogens is 380 g/mol. The first-order chi connectivity index (χ1) is 11.5. The summed E-state index contributed by atoms with van der Waals surface area (Å²) in [6.45, 7) is 5.55. The minimum absolute atomic E-state index is 0.0199. The molecule has 1 aliphatic heterocycles. The van der Waals surface area contributed by atoms with Crippen LogP contribution in [0.4, 0.5) is 0 Å². The summed E-state index contributed by atoms with van der Waals surface area (Å²) in [7, 11) is -5.80. The maximum atomic E-state index is 13.0. The van der Waals surface area contributed by atoms with E-state index >= 15 is 0 Å². The second kappa shape index (κ2) is 6.53. The largest absolute Gasteiger partial charge is 0.299 e. The summed E-state index contributed by atoms with van der Waals surface area (Å²) in [6, 6.07) is 0. The Morgan fingerprint density at radius 1 is 1.32 bits per heavy atom. The molecule has 2 bridgehead atoms. The summed E-state index contributed by atoms with van der Waals surface area (Å²) in [5.41, 5.74) is -1.11. The van der Waals surface area contributed by atoms with Crippen LogP contribution in [0, 0.1) is 16.7 Å². The standard InChI is InChI=1S/C17H28O5S3/c1-13(18)11-24(8-6-23-7-9-24)22-25(20,21)12-17-5-4-14(10-15(17)19)16(17,2)3/h14H,4-12H2,1-3H3. The van der Waals surface area contributed by atoms with Crippen LogP contribution in [0.2, 0.25) is 0 Å². The highest BCUT2D eigenvalue weighted by molar-refractivity contribution is 8.34. The van der Waals surface area contributed by atoms with Gasteiger partial charge >= 0.3 is 0 Å². The second-order valence-electron chi connectivity index (χ2n) is 8.27. The van der Waals surface area contributed by atoms with Crippen molar-refractivity contribution in [3.63, 3.8) is 0 Å². The molecule has 0 N–H and O–H groups in total. The smallest absolute Gasteiger partial charge is 0.277 e. The summed E-state index contributed by atoms with van der Waals surface area (Å²) in [5, 5.41) is 0. The van der Waals surface area contributed by atoms with E-state index in [1.54, 1.807) is 11.8 Å². The molecule has 1 heterocycles. The predicted molar refractivity (Wildman–Crippen MR) is 104 cm³/mol. The van der Waals surface area contributed by atoms with E-state index in [0.717, 1.165) is 17.9 Å². The Labute approximate surface area is 156 Å². The number of hydrogen-bond acceptors (Lipinski definition) is 6. The van der Waals surface area contributed by atoms with Crippen LogP contribution in [-0.2, 0) is 23.3 Å². The Bertz CT molecular complexity index is 678. The van der Waals surface area contributed by atoms with Crippen LogP contribution >= 0.6 is 22.1 Å². The fourth-order valence-corrected chi connectivity index (χ4v) is 13.7. The van der Waals surface area contributed by atoms with Gasteiger partial charge in [0.1, 0.15) is 11.6 Å². The number of fused-ring (bicyclic) bond motifs is 2. The van der Waals surface area contributed by atoms with E-state index < -0.39 is 25.8 Å². The normalized spacial score (nSPS) is 34.8. The lowest BCUT2D eigenvalue weighted by Gasteiger charge is -2.42. The van der Waals surface area contributed by atoms with Crippen LogP contribution in [0.1, 0.15) is 40.0 Å². The van der Waals surface area contributed by atoms with Crippen LogP contribution in [0.25, 0.3) is 0 Å². The van der Waals surface area contributed by atoms with Gasteiger partial charge in [-0.25, -0.2) is 3.63 Å². The topological polar surface area (TPSA) is 77.5 Å². The molecule has 0 spiro atoms. The summed E-state index contributed by atoms with van der Waals surface area (Å²) in [4.78, 5) is 24.3. The van der Waals surface area contributed by atoms with E-state index in [9.17, 15) is 18.0 Å². The van der Waals surface area contributed by atoms with Gasteiger partial charge in [-0.2, -0.15) is 20.2 Å². The molecule has 0 aromatic carbocycles. The molecule has 0 aromatic heterocycles. The Kier molecular flexibility index (Phi) is 5.15. The maximum absolute atomic E-state index is 13.0. The minimum Gasteiger partial charge on any atom is -0.299 e. The van der Waals surface area contributed by atoms with Gasteiger partial charge in [0.05, 0.1) is 16.9 Å². The van der Waals surface area contributed by atoms with Crippen molar-refractivity contribution in [1.29, 1.82) is 0 Å². The van der Waals surface area contributed by atoms with Crippen molar-refractivity contribution in [2.24, 2.45) is 16.7 Å². The first kappa shape index (κ1) is 19.7. The highest BCUT2D eigenvalue weighted by Gasteiger charge is 2.65. The number of thioether (sulfide) groups is 1. The molecule has 2 saturated carbocycles. The van der Waals surface area contributed by atoms with E-state index in [-0.39, 0.29) is 34.4 Å². The molecule has 2 atom stereocenters. The molecular formula is C17H28O5S3. The third kappa shape index (κ3) is 3.44. The summed E-state index contributed by atoms with van der Waals surface area (Å²) >= 11 is 1.77. The Balaban J connectivity index is 1.84. The fourth-order valence-electron chi connectivity index (χ4n) is 4.89. The van der Waals surface area contributed by atoms with E-state index in [1.807, 2.05) is 13.8 Å². The quantitative estimate of drug-likeness (QED) is 0.672. The Morgan fingerprint density at radius 3 is 2.44 bits per heavy atom. The van der Waals surface area contributed by atoms with Crippen LogP contribution in [0.5, 0.6) is 0 Å². The van der Waals surface area contributed by atoms with Gasteiger partial charge in [0.25, 0.3) is 10.1 Å². The number of rotatable bonds is 6. The zero-order valence-corrected chi connectivity index (χ0v) is 17.7. The molecule has 2 aliphatic carbocycles. The first-order valence-corrected chi connectivity index (χ1v) is 13.6. The van der Waals surface area contributed by atoms with Crippen molar-refractivity contribution in [2.75, 3.05) is 34.5 Å². The average molecular weight is 409 g/mol. The molecule has 3 rings (SSSR count). The maximum Gasteiger partial charge on any atom is 0.277 e.